The smallest absolute Gasteiger partial charge is 0.317 e. The third-order valence-electron chi connectivity index (χ3n) is 0.707. The maximum absolute atomic E-state index is 3.11. The van der Waals surface area contributed by atoms with E-state index in [-0.39, 0.29) is 37.7 Å². The van der Waals surface area contributed by atoms with Gasteiger partial charge in [0.1, 0.15) is 0 Å². The first-order valence-corrected chi connectivity index (χ1v) is 1.71. The minimum atomic E-state index is 0. The van der Waals surface area contributed by atoms with Crippen molar-refractivity contribution in [3.8, 4) is 0 Å². The topological polar surface area (TPSA) is 12.0 Å². The van der Waals surface area contributed by atoms with Gasteiger partial charge in [-0.1, -0.05) is 0 Å². The predicted octanol–water partition coefficient (Wildman–Crippen LogP) is -0.401. The van der Waals surface area contributed by atoms with E-state index in [9.17, 15) is 0 Å². The van der Waals surface area contributed by atoms with E-state index in [2.05, 4.69) is 5.32 Å². The molecule has 0 unspecified atom stereocenters. The molecule has 0 saturated carbocycles. The van der Waals surface area contributed by atoms with Crippen molar-refractivity contribution in [1.82, 2.24) is 5.32 Å². The molecule has 0 spiro atoms. The molecule has 1 rings (SSSR count). The summed E-state index contributed by atoms with van der Waals surface area (Å²) in [5.74, 6) is 0. The minimum absolute atomic E-state index is 0. The van der Waals surface area contributed by atoms with Crippen LogP contribution in [0.4, 0.5) is 0 Å². The standard InChI is InChI=1S/C3H7N.Ca/c1-2-4-3-1;/h4H,1-3H2;/q;+2. The maximum Gasteiger partial charge on any atom is 2.00 e. The van der Waals surface area contributed by atoms with Crippen LogP contribution in [0.2, 0.25) is 0 Å². The van der Waals surface area contributed by atoms with Crippen molar-refractivity contribution in [3.63, 3.8) is 0 Å². The van der Waals surface area contributed by atoms with Gasteiger partial charge in [0.15, 0.2) is 0 Å². The van der Waals surface area contributed by atoms with Crippen LogP contribution in [0, 0.1) is 0 Å². The third-order valence-corrected chi connectivity index (χ3v) is 0.707. The van der Waals surface area contributed by atoms with Gasteiger partial charge in [0.2, 0.25) is 0 Å². The Morgan fingerprint density at radius 2 is 1.40 bits per heavy atom. The Hall–Kier alpha value is 1.22. The second-order valence-corrected chi connectivity index (χ2v) is 1.10. The molecule has 0 aromatic heterocycles. The fraction of sp³-hybridized carbons (Fsp3) is 1.00. The van der Waals surface area contributed by atoms with E-state index in [1.165, 1.54) is 19.5 Å². The molecule has 0 aliphatic carbocycles. The van der Waals surface area contributed by atoms with E-state index < -0.39 is 0 Å². The van der Waals surface area contributed by atoms with Crippen molar-refractivity contribution in [2.24, 2.45) is 0 Å². The third kappa shape index (κ3) is 1.99. The van der Waals surface area contributed by atoms with Crippen LogP contribution in [-0.2, 0) is 0 Å². The van der Waals surface area contributed by atoms with Crippen LogP contribution >= 0.6 is 0 Å². The van der Waals surface area contributed by atoms with Gasteiger partial charge in [0.25, 0.3) is 0 Å². The molecule has 1 saturated heterocycles. The average Bonchev–Trinajstić information content (AvgIpc) is 0.722. The zero-order chi connectivity index (χ0) is 2.83. The van der Waals surface area contributed by atoms with E-state index in [4.69, 9.17) is 0 Å². The van der Waals surface area contributed by atoms with Gasteiger partial charge in [-0.3, -0.25) is 0 Å². The Morgan fingerprint density at radius 3 is 1.40 bits per heavy atom. The normalized spacial score (nSPS) is 19.2. The minimum Gasteiger partial charge on any atom is -0.317 e. The van der Waals surface area contributed by atoms with E-state index in [0.29, 0.717) is 0 Å². The molecule has 1 N–H and O–H groups in total. The van der Waals surface area contributed by atoms with Crippen LogP contribution in [0.25, 0.3) is 0 Å². The van der Waals surface area contributed by atoms with Crippen LogP contribution in [0.1, 0.15) is 6.42 Å². The molecule has 1 aliphatic heterocycles. The largest absolute Gasteiger partial charge is 2.00 e. The molecule has 0 radical (unpaired) electrons. The zero-order valence-electron chi connectivity index (χ0n) is 3.33. The van der Waals surface area contributed by atoms with E-state index in [1.54, 1.807) is 0 Å². The second-order valence-electron chi connectivity index (χ2n) is 1.10. The van der Waals surface area contributed by atoms with Gasteiger partial charge in [-0.25, -0.2) is 0 Å². The van der Waals surface area contributed by atoms with E-state index in [0.717, 1.165) is 0 Å². The Labute approximate surface area is 62.1 Å². The summed E-state index contributed by atoms with van der Waals surface area (Å²) in [7, 11) is 0. The molecule has 0 aromatic carbocycles. The predicted molar refractivity (Wildman–Crippen MR) is 23.2 cm³/mol. The Bertz CT molecular complexity index is 14.9. The van der Waals surface area contributed by atoms with Crippen LogP contribution in [0.3, 0.4) is 0 Å². The van der Waals surface area contributed by atoms with Crippen molar-refractivity contribution in [1.29, 1.82) is 0 Å². The first kappa shape index (κ1) is 6.22. The molecule has 1 nitrogen and oxygen atoms in total. The van der Waals surface area contributed by atoms with Gasteiger partial charge in [-0.05, 0) is 19.5 Å². The van der Waals surface area contributed by atoms with Gasteiger partial charge >= 0.3 is 37.7 Å². The van der Waals surface area contributed by atoms with Crippen LogP contribution in [0.5, 0.6) is 0 Å². The first-order valence-electron chi connectivity index (χ1n) is 1.71. The van der Waals surface area contributed by atoms with Gasteiger partial charge in [-0.2, -0.15) is 0 Å². The average molecular weight is 97.2 g/mol. The summed E-state index contributed by atoms with van der Waals surface area (Å²) < 4.78 is 0. The van der Waals surface area contributed by atoms with E-state index in [1.807, 2.05) is 0 Å². The van der Waals surface area contributed by atoms with Gasteiger partial charge in [0.05, 0.1) is 0 Å². The summed E-state index contributed by atoms with van der Waals surface area (Å²) in [5, 5.41) is 3.11. The molecule has 0 aromatic rings. The fourth-order valence-electron chi connectivity index (χ4n) is 0.177. The number of hydrogen-bond donors (Lipinski definition) is 1. The molecular formula is C3H7CaN+2. The maximum atomic E-state index is 3.11. The fourth-order valence-corrected chi connectivity index (χ4v) is 0.177. The summed E-state index contributed by atoms with van der Waals surface area (Å²) in [4.78, 5) is 0. The van der Waals surface area contributed by atoms with Crippen LogP contribution in [-0.4, -0.2) is 50.8 Å². The number of nitrogens with one attached hydrogen (secondary N) is 1. The molecule has 24 valence electrons. The first-order chi connectivity index (χ1) is 2.00. The summed E-state index contributed by atoms with van der Waals surface area (Å²) in [6.07, 6.45) is 1.39. The Kier molecular flexibility index (Phi) is 4.24. The van der Waals surface area contributed by atoms with Crippen molar-refractivity contribution in [2.45, 2.75) is 6.42 Å². The number of rotatable bonds is 0. The van der Waals surface area contributed by atoms with Crippen molar-refractivity contribution >= 4 is 37.7 Å². The molecule has 1 heterocycles. The zero-order valence-corrected chi connectivity index (χ0v) is 5.54. The molecule has 5 heavy (non-hydrogen) atoms. The summed E-state index contributed by atoms with van der Waals surface area (Å²) >= 11 is 0. The molecule has 0 amide bonds. The Balaban J connectivity index is 0.000000160. The van der Waals surface area contributed by atoms with Gasteiger partial charge in [-0.15, -0.1) is 0 Å². The molecule has 0 bridgehead atoms. The Morgan fingerprint density at radius 1 is 1.20 bits per heavy atom. The molecular weight excluding hydrogens is 90.1 g/mol. The monoisotopic (exact) mass is 97.0 g/mol. The molecule has 2 heteroatoms. The number of hydrogen-bond acceptors (Lipinski definition) is 1. The van der Waals surface area contributed by atoms with Crippen molar-refractivity contribution < 1.29 is 0 Å². The van der Waals surface area contributed by atoms with Crippen LogP contribution in [0.15, 0.2) is 0 Å². The van der Waals surface area contributed by atoms with E-state index >= 15 is 0 Å². The summed E-state index contributed by atoms with van der Waals surface area (Å²) in [6, 6.07) is 0. The van der Waals surface area contributed by atoms with Crippen molar-refractivity contribution in [2.75, 3.05) is 13.1 Å². The summed E-state index contributed by atoms with van der Waals surface area (Å²) in [5.41, 5.74) is 0. The van der Waals surface area contributed by atoms with Gasteiger partial charge < -0.3 is 5.32 Å². The second kappa shape index (κ2) is 3.41. The SMILES string of the molecule is C1CNC1.[Ca+2]. The summed E-state index contributed by atoms with van der Waals surface area (Å²) in [6.45, 7) is 2.50. The quantitative estimate of drug-likeness (QED) is 0.405. The molecule has 1 fully saturated rings. The van der Waals surface area contributed by atoms with Crippen molar-refractivity contribution in [3.05, 3.63) is 0 Å². The van der Waals surface area contributed by atoms with Gasteiger partial charge in [0, 0.05) is 0 Å². The molecule has 1 aliphatic rings. The van der Waals surface area contributed by atoms with Crippen LogP contribution < -0.4 is 5.32 Å². The molecule has 0 atom stereocenters.